The predicted octanol–water partition coefficient (Wildman–Crippen LogP) is 2.16. The highest BCUT2D eigenvalue weighted by Crippen LogP contribution is 2.28. The van der Waals surface area contributed by atoms with Crippen LogP contribution in [0.4, 0.5) is 5.82 Å². The van der Waals surface area contributed by atoms with Gasteiger partial charge in [0.15, 0.2) is 0 Å². The molecule has 0 aliphatic carbocycles. The number of aromatic nitrogens is 3. The Morgan fingerprint density at radius 3 is 2.62 bits per heavy atom. The van der Waals surface area contributed by atoms with Gasteiger partial charge in [0.2, 0.25) is 0 Å². The van der Waals surface area contributed by atoms with Crippen molar-refractivity contribution in [2.75, 3.05) is 31.1 Å². The Bertz CT molecular complexity index is 870. The molecule has 2 aromatic heterocycles. The standard InChI is InChI=1S/C21H28N6O2/c1-14-6-9-26(10-7-14)21(29)15-4-5-19(23-12-15)27-8-2-3-16(13-27)17-11-18(20(22)28)25-24-17/h4-5,11-12,14,16H,2-3,6-10,13H2,1H3,(H2,22,28)(H,24,25). The molecule has 8 nitrogen and oxygen atoms in total. The van der Waals surface area contributed by atoms with Crippen molar-refractivity contribution in [2.24, 2.45) is 11.7 Å². The zero-order chi connectivity index (χ0) is 20.4. The fourth-order valence-electron chi connectivity index (χ4n) is 4.20. The van der Waals surface area contributed by atoms with Gasteiger partial charge in [0, 0.05) is 44.0 Å². The summed E-state index contributed by atoms with van der Waals surface area (Å²) in [4.78, 5) is 32.7. The number of hydrogen-bond acceptors (Lipinski definition) is 5. The zero-order valence-corrected chi connectivity index (χ0v) is 16.8. The van der Waals surface area contributed by atoms with Crippen molar-refractivity contribution >= 4 is 17.6 Å². The molecule has 0 saturated carbocycles. The third kappa shape index (κ3) is 4.26. The van der Waals surface area contributed by atoms with Crippen molar-refractivity contribution in [2.45, 2.75) is 38.5 Å². The lowest BCUT2D eigenvalue weighted by Crippen LogP contribution is -2.38. The van der Waals surface area contributed by atoms with Gasteiger partial charge in [0.1, 0.15) is 11.5 Å². The van der Waals surface area contributed by atoms with Crippen LogP contribution in [0.5, 0.6) is 0 Å². The lowest BCUT2D eigenvalue weighted by Gasteiger charge is -2.33. The molecule has 4 rings (SSSR count). The number of rotatable bonds is 4. The Hall–Kier alpha value is -2.90. The van der Waals surface area contributed by atoms with Crippen molar-refractivity contribution in [1.29, 1.82) is 0 Å². The molecule has 154 valence electrons. The molecule has 0 bridgehead atoms. The summed E-state index contributed by atoms with van der Waals surface area (Å²) in [5, 5.41) is 6.94. The molecule has 1 unspecified atom stereocenters. The largest absolute Gasteiger partial charge is 0.364 e. The van der Waals surface area contributed by atoms with E-state index < -0.39 is 5.91 Å². The highest BCUT2D eigenvalue weighted by Gasteiger charge is 2.25. The molecule has 29 heavy (non-hydrogen) atoms. The van der Waals surface area contributed by atoms with Crippen LogP contribution >= 0.6 is 0 Å². The van der Waals surface area contributed by atoms with Crippen LogP contribution in [0.2, 0.25) is 0 Å². The Balaban J connectivity index is 1.41. The number of pyridine rings is 1. The fourth-order valence-corrected chi connectivity index (χ4v) is 4.20. The minimum atomic E-state index is -0.523. The molecule has 0 radical (unpaired) electrons. The first-order valence-electron chi connectivity index (χ1n) is 10.4. The van der Waals surface area contributed by atoms with Gasteiger partial charge in [-0.15, -0.1) is 0 Å². The maximum absolute atomic E-state index is 12.7. The van der Waals surface area contributed by atoms with E-state index in [1.54, 1.807) is 12.3 Å². The molecule has 3 N–H and O–H groups in total. The van der Waals surface area contributed by atoms with Gasteiger partial charge in [-0.1, -0.05) is 6.92 Å². The van der Waals surface area contributed by atoms with Crippen molar-refractivity contribution in [3.05, 3.63) is 41.3 Å². The number of H-pyrrole nitrogens is 1. The van der Waals surface area contributed by atoms with Crippen LogP contribution in [0.1, 0.15) is 65.1 Å². The summed E-state index contributed by atoms with van der Waals surface area (Å²) in [5.74, 6) is 1.35. The van der Waals surface area contributed by atoms with Crippen LogP contribution in [0.3, 0.4) is 0 Å². The van der Waals surface area contributed by atoms with Crippen LogP contribution in [0.25, 0.3) is 0 Å². The molecule has 2 aliphatic rings. The number of nitrogens with one attached hydrogen (secondary N) is 1. The van der Waals surface area contributed by atoms with Crippen LogP contribution in [-0.2, 0) is 0 Å². The van der Waals surface area contributed by atoms with Gasteiger partial charge in [-0.2, -0.15) is 5.10 Å². The van der Waals surface area contributed by atoms with E-state index >= 15 is 0 Å². The molecule has 1 atom stereocenters. The molecule has 8 heteroatoms. The lowest BCUT2D eigenvalue weighted by atomic mass is 9.94. The monoisotopic (exact) mass is 396 g/mol. The first-order chi connectivity index (χ1) is 14.0. The van der Waals surface area contributed by atoms with E-state index in [1.165, 1.54) is 0 Å². The van der Waals surface area contributed by atoms with E-state index in [2.05, 4.69) is 27.0 Å². The Labute approximate surface area is 170 Å². The molecular formula is C21H28N6O2. The molecule has 2 amide bonds. The number of carbonyl (C=O) groups excluding carboxylic acids is 2. The summed E-state index contributed by atoms with van der Waals surface area (Å²) >= 11 is 0. The summed E-state index contributed by atoms with van der Waals surface area (Å²) in [6, 6.07) is 5.56. The summed E-state index contributed by atoms with van der Waals surface area (Å²) in [6.45, 7) is 5.59. The average Bonchev–Trinajstić information content (AvgIpc) is 3.25. The number of aromatic amines is 1. The van der Waals surface area contributed by atoms with Gasteiger partial charge >= 0.3 is 0 Å². The number of likely N-dealkylation sites (tertiary alicyclic amines) is 1. The van der Waals surface area contributed by atoms with Crippen molar-refractivity contribution < 1.29 is 9.59 Å². The van der Waals surface area contributed by atoms with Gasteiger partial charge in [0.05, 0.1) is 5.56 Å². The zero-order valence-electron chi connectivity index (χ0n) is 16.8. The number of amides is 2. The number of nitrogens with zero attached hydrogens (tertiary/aromatic N) is 4. The summed E-state index contributed by atoms with van der Waals surface area (Å²) in [6.07, 6.45) is 5.86. The minimum absolute atomic E-state index is 0.0731. The summed E-state index contributed by atoms with van der Waals surface area (Å²) in [5.41, 5.74) is 7.15. The molecule has 4 heterocycles. The molecule has 2 aliphatic heterocycles. The van der Waals surface area contributed by atoms with Gasteiger partial charge in [-0.25, -0.2) is 4.98 Å². The first-order valence-corrected chi connectivity index (χ1v) is 10.4. The van der Waals surface area contributed by atoms with Crippen LogP contribution in [-0.4, -0.2) is 58.1 Å². The topological polar surface area (TPSA) is 108 Å². The lowest BCUT2D eigenvalue weighted by molar-refractivity contribution is 0.0696. The number of hydrogen-bond donors (Lipinski definition) is 2. The van der Waals surface area contributed by atoms with Crippen molar-refractivity contribution in [3.8, 4) is 0 Å². The molecule has 0 aromatic carbocycles. The van der Waals surface area contributed by atoms with E-state index in [0.717, 1.165) is 63.4 Å². The Morgan fingerprint density at radius 2 is 1.97 bits per heavy atom. The van der Waals surface area contributed by atoms with E-state index in [9.17, 15) is 9.59 Å². The van der Waals surface area contributed by atoms with Crippen molar-refractivity contribution in [1.82, 2.24) is 20.1 Å². The third-order valence-electron chi connectivity index (χ3n) is 6.10. The third-order valence-corrected chi connectivity index (χ3v) is 6.10. The SMILES string of the molecule is CC1CCN(C(=O)c2ccc(N3CCCC(c4cc(C(N)=O)n[nH]4)C3)nc2)CC1. The average molecular weight is 396 g/mol. The Kier molecular flexibility index (Phi) is 5.51. The normalized spacial score (nSPS) is 20.7. The second-order valence-corrected chi connectivity index (χ2v) is 8.24. The van der Waals surface area contributed by atoms with E-state index in [1.807, 2.05) is 17.0 Å². The number of nitrogens with two attached hydrogens (primary N) is 1. The number of primary amides is 1. The molecular weight excluding hydrogens is 368 g/mol. The quantitative estimate of drug-likeness (QED) is 0.823. The van der Waals surface area contributed by atoms with Gasteiger partial charge in [-0.05, 0) is 49.8 Å². The van der Waals surface area contributed by atoms with E-state index in [4.69, 9.17) is 5.73 Å². The second kappa shape index (κ2) is 8.23. The van der Waals surface area contributed by atoms with Crippen LogP contribution in [0.15, 0.2) is 24.4 Å². The smallest absolute Gasteiger partial charge is 0.269 e. The van der Waals surface area contributed by atoms with Crippen LogP contribution < -0.4 is 10.6 Å². The second-order valence-electron chi connectivity index (χ2n) is 8.24. The predicted molar refractivity (Wildman–Crippen MR) is 110 cm³/mol. The first kappa shape index (κ1) is 19.4. The number of carbonyl (C=O) groups is 2. The van der Waals surface area contributed by atoms with Gasteiger partial charge in [-0.3, -0.25) is 14.7 Å². The van der Waals surface area contributed by atoms with Gasteiger partial charge < -0.3 is 15.5 Å². The number of piperidine rings is 2. The molecule has 2 fully saturated rings. The van der Waals surface area contributed by atoms with E-state index in [0.29, 0.717) is 11.5 Å². The van der Waals surface area contributed by atoms with E-state index in [-0.39, 0.29) is 17.5 Å². The molecule has 0 spiro atoms. The highest BCUT2D eigenvalue weighted by atomic mass is 16.2. The fraction of sp³-hybridized carbons (Fsp3) is 0.524. The minimum Gasteiger partial charge on any atom is -0.364 e. The van der Waals surface area contributed by atoms with Crippen LogP contribution in [0, 0.1) is 5.92 Å². The Morgan fingerprint density at radius 1 is 1.17 bits per heavy atom. The number of anilines is 1. The molecule has 2 aromatic rings. The summed E-state index contributed by atoms with van der Waals surface area (Å²) < 4.78 is 0. The highest BCUT2D eigenvalue weighted by molar-refractivity contribution is 5.94. The maximum Gasteiger partial charge on any atom is 0.269 e. The summed E-state index contributed by atoms with van der Waals surface area (Å²) in [7, 11) is 0. The maximum atomic E-state index is 12.7. The van der Waals surface area contributed by atoms with Crippen molar-refractivity contribution in [3.63, 3.8) is 0 Å². The van der Waals surface area contributed by atoms with Gasteiger partial charge in [0.25, 0.3) is 11.8 Å². The molecule has 2 saturated heterocycles.